The van der Waals surface area contributed by atoms with Gasteiger partial charge in [-0.25, -0.2) is 9.97 Å². The van der Waals surface area contributed by atoms with E-state index >= 15 is 0 Å². The largest absolute Gasteiger partial charge is 0.491 e. The molecule has 0 saturated heterocycles. The van der Waals surface area contributed by atoms with Gasteiger partial charge in [-0.2, -0.15) is 0 Å². The van der Waals surface area contributed by atoms with Crippen molar-refractivity contribution in [2.45, 2.75) is 33.3 Å². The summed E-state index contributed by atoms with van der Waals surface area (Å²) in [5, 5.41) is 6.11. The van der Waals surface area contributed by atoms with Gasteiger partial charge in [0.2, 0.25) is 0 Å². The summed E-state index contributed by atoms with van der Waals surface area (Å²) in [5.74, 6) is 1.74. The molecule has 0 unspecified atom stereocenters. The average Bonchev–Trinajstić information content (AvgIpc) is 2.59. The van der Waals surface area contributed by atoms with Gasteiger partial charge in [0.25, 0.3) is 5.91 Å². The number of hydrogen-bond acceptors (Lipinski definition) is 6. The van der Waals surface area contributed by atoms with Crippen LogP contribution in [0.2, 0.25) is 0 Å². The van der Waals surface area contributed by atoms with Crippen LogP contribution in [0, 0.1) is 6.92 Å². The van der Waals surface area contributed by atoms with Crippen molar-refractivity contribution in [2.24, 2.45) is 0 Å². The molecule has 0 aliphatic heterocycles. The fourth-order valence-corrected chi connectivity index (χ4v) is 2.47. The molecule has 0 atom stereocenters. The van der Waals surface area contributed by atoms with Gasteiger partial charge in [0, 0.05) is 18.3 Å². The number of rotatable bonds is 9. The molecule has 0 spiro atoms. The molecule has 0 aliphatic carbocycles. The molecule has 1 amide bonds. The Morgan fingerprint density at radius 2 is 1.89 bits per heavy atom. The van der Waals surface area contributed by atoms with Crippen molar-refractivity contribution in [3.8, 4) is 5.75 Å². The molecule has 0 fully saturated rings. The van der Waals surface area contributed by atoms with Crippen molar-refractivity contribution < 1.29 is 9.53 Å². The topological polar surface area (TPSA) is 79.4 Å². The normalized spacial score (nSPS) is 10.9. The Kier molecular flexibility index (Phi) is 7.55. The molecule has 1 aromatic heterocycles. The van der Waals surface area contributed by atoms with Crippen LogP contribution in [0.4, 0.5) is 11.5 Å². The SMILES string of the molecule is Cc1nc(Nc2ccc(OC(C)C)cc2)cc(C(=O)NCCCN(C)C)n1. The van der Waals surface area contributed by atoms with E-state index in [1.54, 1.807) is 13.0 Å². The van der Waals surface area contributed by atoms with E-state index < -0.39 is 0 Å². The molecule has 2 rings (SSSR count). The number of aromatic nitrogens is 2. The fraction of sp³-hybridized carbons (Fsp3) is 0.450. The molecule has 2 aromatic rings. The Labute approximate surface area is 161 Å². The first-order valence-corrected chi connectivity index (χ1v) is 9.16. The van der Waals surface area contributed by atoms with Crippen molar-refractivity contribution in [2.75, 3.05) is 32.5 Å². The lowest BCUT2D eigenvalue weighted by Gasteiger charge is -2.12. The van der Waals surface area contributed by atoms with Crippen LogP contribution < -0.4 is 15.4 Å². The second-order valence-corrected chi connectivity index (χ2v) is 6.91. The Bertz CT molecular complexity index is 745. The number of carbonyl (C=O) groups excluding carboxylic acids is 1. The third-order valence-corrected chi connectivity index (χ3v) is 3.64. The van der Waals surface area contributed by atoms with Crippen molar-refractivity contribution >= 4 is 17.4 Å². The lowest BCUT2D eigenvalue weighted by atomic mass is 10.3. The van der Waals surface area contributed by atoms with E-state index in [9.17, 15) is 4.79 Å². The van der Waals surface area contributed by atoms with Gasteiger partial charge in [0.15, 0.2) is 0 Å². The third-order valence-electron chi connectivity index (χ3n) is 3.64. The quantitative estimate of drug-likeness (QED) is 0.660. The minimum Gasteiger partial charge on any atom is -0.491 e. The van der Waals surface area contributed by atoms with E-state index in [4.69, 9.17) is 4.74 Å². The minimum atomic E-state index is -0.192. The highest BCUT2D eigenvalue weighted by atomic mass is 16.5. The van der Waals surface area contributed by atoms with Crippen LogP contribution in [0.3, 0.4) is 0 Å². The van der Waals surface area contributed by atoms with E-state index in [0.717, 1.165) is 24.4 Å². The van der Waals surface area contributed by atoms with Crippen molar-refractivity contribution in [1.82, 2.24) is 20.2 Å². The van der Waals surface area contributed by atoms with E-state index in [1.807, 2.05) is 52.2 Å². The Balaban J connectivity index is 2.00. The van der Waals surface area contributed by atoms with Crippen LogP contribution in [-0.2, 0) is 0 Å². The maximum absolute atomic E-state index is 12.3. The van der Waals surface area contributed by atoms with Crippen molar-refractivity contribution in [3.05, 3.63) is 41.9 Å². The molecule has 0 radical (unpaired) electrons. The predicted octanol–water partition coefficient (Wildman–Crippen LogP) is 3.00. The van der Waals surface area contributed by atoms with Gasteiger partial charge in [0.1, 0.15) is 23.1 Å². The molecule has 7 nitrogen and oxygen atoms in total. The lowest BCUT2D eigenvalue weighted by molar-refractivity contribution is 0.0947. The zero-order valence-electron chi connectivity index (χ0n) is 16.7. The average molecular weight is 371 g/mol. The highest BCUT2D eigenvalue weighted by Crippen LogP contribution is 2.20. The van der Waals surface area contributed by atoms with Crippen LogP contribution in [-0.4, -0.2) is 54.1 Å². The van der Waals surface area contributed by atoms with Crippen molar-refractivity contribution in [1.29, 1.82) is 0 Å². The van der Waals surface area contributed by atoms with E-state index in [2.05, 4.69) is 25.5 Å². The number of benzene rings is 1. The summed E-state index contributed by atoms with van der Waals surface area (Å²) in [6.07, 6.45) is 1.02. The number of carbonyl (C=O) groups is 1. The third kappa shape index (κ3) is 7.22. The van der Waals surface area contributed by atoms with Gasteiger partial charge < -0.3 is 20.3 Å². The second-order valence-electron chi connectivity index (χ2n) is 6.91. The Morgan fingerprint density at radius 3 is 2.52 bits per heavy atom. The van der Waals surface area contributed by atoms with Gasteiger partial charge in [-0.05, 0) is 72.1 Å². The molecule has 0 saturated carbocycles. The van der Waals surface area contributed by atoms with Crippen LogP contribution in [0.15, 0.2) is 30.3 Å². The van der Waals surface area contributed by atoms with Crippen LogP contribution in [0.5, 0.6) is 5.75 Å². The maximum atomic E-state index is 12.3. The molecule has 1 heterocycles. The molecule has 7 heteroatoms. The highest BCUT2D eigenvalue weighted by Gasteiger charge is 2.10. The van der Waals surface area contributed by atoms with Crippen LogP contribution >= 0.6 is 0 Å². The standard InChI is InChI=1S/C20H29N5O2/c1-14(2)27-17-9-7-16(8-10-17)24-19-13-18(22-15(3)23-19)20(26)21-11-6-12-25(4)5/h7-10,13-14H,6,11-12H2,1-5H3,(H,21,26)(H,22,23,24). The molecular weight excluding hydrogens is 342 g/mol. The number of amides is 1. The first-order chi connectivity index (χ1) is 12.8. The zero-order chi connectivity index (χ0) is 19.8. The molecule has 146 valence electrons. The fourth-order valence-electron chi connectivity index (χ4n) is 2.47. The van der Waals surface area contributed by atoms with Gasteiger partial charge in [-0.1, -0.05) is 0 Å². The van der Waals surface area contributed by atoms with Gasteiger partial charge >= 0.3 is 0 Å². The molecule has 1 aromatic carbocycles. The van der Waals surface area contributed by atoms with Crippen LogP contribution in [0.1, 0.15) is 36.6 Å². The summed E-state index contributed by atoms with van der Waals surface area (Å²) >= 11 is 0. The summed E-state index contributed by atoms with van der Waals surface area (Å²) in [6.45, 7) is 7.28. The van der Waals surface area contributed by atoms with Gasteiger partial charge in [-0.15, -0.1) is 0 Å². The lowest BCUT2D eigenvalue weighted by Crippen LogP contribution is -2.28. The van der Waals surface area contributed by atoms with Gasteiger partial charge in [0.05, 0.1) is 6.10 Å². The Hall–Kier alpha value is -2.67. The molecule has 2 N–H and O–H groups in total. The maximum Gasteiger partial charge on any atom is 0.270 e. The summed E-state index contributed by atoms with van der Waals surface area (Å²) in [4.78, 5) is 23.0. The summed E-state index contributed by atoms with van der Waals surface area (Å²) in [5.41, 5.74) is 1.22. The van der Waals surface area contributed by atoms with E-state index in [-0.39, 0.29) is 12.0 Å². The van der Waals surface area contributed by atoms with E-state index in [0.29, 0.717) is 23.9 Å². The molecule has 27 heavy (non-hydrogen) atoms. The molecular formula is C20H29N5O2. The van der Waals surface area contributed by atoms with Crippen molar-refractivity contribution in [3.63, 3.8) is 0 Å². The monoisotopic (exact) mass is 371 g/mol. The first kappa shape index (κ1) is 20.6. The predicted molar refractivity (Wildman–Crippen MR) is 108 cm³/mol. The van der Waals surface area contributed by atoms with Crippen LogP contribution in [0.25, 0.3) is 0 Å². The number of anilines is 2. The molecule has 0 bridgehead atoms. The smallest absolute Gasteiger partial charge is 0.270 e. The molecule has 0 aliphatic rings. The summed E-state index contributed by atoms with van der Waals surface area (Å²) < 4.78 is 5.64. The second kappa shape index (κ2) is 9.87. The Morgan fingerprint density at radius 1 is 1.19 bits per heavy atom. The highest BCUT2D eigenvalue weighted by molar-refractivity contribution is 5.93. The van der Waals surface area contributed by atoms with E-state index in [1.165, 1.54) is 0 Å². The number of aryl methyl sites for hydroxylation is 1. The number of nitrogens with one attached hydrogen (secondary N) is 2. The summed E-state index contributed by atoms with van der Waals surface area (Å²) in [6, 6.07) is 9.28. The number of hydrogen-bond donors (Lipinski definition) is 2. The number of ether oxygens (including phenoxy) is 1. The zero-order valence-corrected chi connectivity index (χ0v) is 16.7. The minimum absolute atomic E-state index is 0.132. The first-order valence-electron chi connectivity index (χ1n) is 9.16. The number of nitrogens with zero attached hydrogens (tertiary/aromatic N) is 3. The van der Waals surface area contributed by atoms with Gasteiger partial charge in [-0.3, -0.25) is 4.79 Å². The summed E-state index contributed by atoms with van der Waals surface area (Å²) in [7, 11) is 4.02.